The van der Waals surface area contributed by atoms with Gasteiger partial charge in [0.25, 0.3) is 5.91 Å². The topological polar surface area (TPSA) is 178 Å². The van der Waals surface area contributed by atoms with Gasteiger partial charge in [0.1, 0.15) is 18.5 Å². The van der Waals surface area contributed by atoms with E-state index in [2.05, 4.69) is 5.32 Å². The highest BCUT2D eigenvalue weighted by Gasteiger charge is 2.42. The minimum absolute atomic E-state index is 0.0417. The number of ether oxygens (including phenoxy) is 3. The molecule has 1 aromatic rings. The van der Waals surface area contributed by atoms with Gasteiger partial charge in [0.15, 0.2) is 6.10 Å². The third-order valence-electron chi connectivity index (χ3n) is 5.25. The number of carboxylic acid groups (broad SMARTS) is 1. The Labute approximate surface area is 198 Å². The average Bonchev–Trinajstić information content (AvgIpc) is 2.79. The number of hydrogen-bond donors (Lipinski definition) is 5. The first kappa shape index (κ1) is 27.5. The number of benzene rings is 1. The van der Waals surface area contributed by atoms with Crippen molar-refractivity contribution in [3.8, 4) is 5.75 Å². The zero-order chi connectivity index (χ0) is 25.3. The summed E-state index contributed by atoms with van der Waals surface area (Å²) in [7, 11) is 0. The zero-order valence-corrected chi connectivity index (χ0v) is 19.4. The summed E-state index contributed by atoms with van der Waals surface area (Å²) in [5.41, 5.74) is 6.17. The van der Waals surface area contributed by atoms with Gasteiger partial charge in [-0.1, -0.05) is 26.3 Å². The summed E-state index contributed by atoms with van der Waals surface area (Å²) in [5, 5.41) is 31.9. The molecule has 11 nitrogen and oxygen atoms in total. The van der Waals surface area contributed by atoms with E-state index in [9.17, 15) is 29.7 Å². The van der Waals surface area contributed by atoms with Crippen molar-refractivity contribution < 1.29 is 43.9 Å². The molecule has 2 unspecified atom stereocenters. The standard InChI is InChI=1S/C23H34N2O9/c1-13(2)23(31)32-12-14-6-7-17(15(10-14)21(28)25-9-5-3-4-8-24)33-18-11-16(26)19(27)20(34-18)22(29)30/h6-7,10,13,16,18-20,26-27H,3-5,8-9,11-12,24H2,1-2H3,(H,25,28)(H,29,30)/t16?,18-,19-,20?/m0/s1. The quantitative estimate of drug-likeness (QED) is 0.209. The molecule has 1 amide bonds. The van der Waals surface area contributed by atoms with Crippen LogP contribution >= 0.6 is 0 Å². The predicted octanol–water partition coefficient (Wildman–Crippen LogP) is 0.545. The van der Waals surface area contributed by atoms with E-state index >= 15 is 0 Å². The summed E-state index contributed by atoms with van der Waals surface area (Å²) in [6.45, 7) is 4.37. The molecule has 0 bridgehead atoms. The number of nitrogens with one attached hydrogen (secondary N) is 1. The number of unbranched alkanes of at least 4 members (excludes halogenated alkanes) is 2. The van der Waals surface area contributed by atoms with Crippen LogP contribution in [0.15, 0.2) is 18.2 Å². The SMILES string of the molecule is CC(C)C(=O)OCc1ccc(O[C@@H]2CC(O)[C@H](O)C(C(=O)O)O2)c(C(=O)NCCCCCN)c1. The Morgan fingerprint density at radius 1 is 1.21 bits per heavy atom. The molecule has 34 heavy (non-hydrogen) atoms. The lowest BCUT2D eigenvalue weighted by molar-refractivity contribution is -0.228. The van der Waals surface area contributed by atoms with Crippen LogP contribution in [0.1, 0.15) is 55.5 Å². The van der Waals surface area contributed by atoms with E-state index < -0.39 is 36.5 Å². The predicted molar refractivity (Wildman–Crippen MR) is 120 cm³/mol. The normalized spacial score (nSPS) is 22.3. The van der Waals surface area contributed by atoms with Crippen LogP contribution in [0.5, 0.6) is 5.75 Å². The molecule has 6 N–H and O–H groups in total. The number of carboxylic acids is 1. The molecular weight excluding hydrogens is 448 g/mol. The molecule has 0 aliphatic carbocycles. The van der Waals surface area contributed by atoms with E-state index in [-0.39, 0.29) is 36.2 Å². The Hall–Kier alpha value is -2.73. The molecule has 0 radical (unpaired) electrons. The van der Waals surface area contributed by atoms with Crippen molar-refractivity contribution in [1.82, 2.24) is 5.32 Å². The van der Waals surface area contributed by atoms with E-state index in [0.717, 1.165) is 19.3 Å². The van der Waals surface area contributed by atoms with Crippen LogP contribution in [-0.2, 0) is 25.7 Å². The first-order valence-corrected chi connectivity index (χ1v) is 11.3. The summed E-state index contributed by atoms with van der Waals surface area (Å²) >= 11 is 0. The summed E-state index contributed by atoms with van der Waals surface area (Å²) in [5.74, 6) is -2.47. The highest BCUT2D eigenvalue weighted by Crippen LogP contribution is 2.27. The van der Waals surface area contributed by atoms with Crippen LogP contribution < -0.4 is 15.8 Å². The Morgan fingerprint density at radius 3 is 2.59 bits per heavy atom. The summed E-state index contributed by atoms with van der Waals surface area (Å²) in [4.78, 5) is 36.0. The second kappa shape index (κ2) is 13.2. The Balaban J connectivity index is 2.18. The van der Waals surface area contributed by atoms with E-state index in [1.807, 2.05) is 0 Å². The maximum absolute atomic E-state index is 12.9. The molecule has 1 fully saturated rings. The summed E-state index contributed by atoms with van der Waals surface area (Å²) in [6, 6.07) is 4.60. The summed E-state index contributed by atoms with van der Waals surface area (Å²) < 4.78 is 16.2. The Morgan fingerprint density at radius 2 is 1.94 bits per heavy atom. The number of aliphatic hydroxyl groups is 2. The van der Waals surface area contributed by atoms with Gasteiger partial charge in [-0.15, -0.1) is 0 Å². The Bertz CT molecular complexity index is 846. The molecule has 0 spiro atoms. The van der Waals surface area contributed by atoms with Crippen LogP contribution in [-0.4, -0.2) is 70.9 Å². The van der Waals surface area contributed by atoms with Crippen molar-refractivity contribution in [2.24, 2.45) is 11.7 Å². The maximum Gasteiger partial charge on any atom is 0.335 e. The lowest BCUT2D eigenvalue weighted by Crippen LogP contribution is -2.53. The molecule has 4 atom stereocenters. The number of amides is 1. The van der Waals surface area contributed by atoms with Crippen LogP contribution in [0.2, 0.25) is 0 Å². The van der Waals surface area contributed by atoms with Crippen LogP contribution in [0.3, 0.4) is 0 Å². The molecule has 1 aliphatic rings. The second-order valence-electron chi connectivity index (χ2n) is 8.43. The van der Waals surface area contributed by atoms with Crippen LogP contribution in [0.25, 0.3) is 0 Å². The fourth-order valence-electron chi connectivity index (χ4n) is 3.27. The highest BCUT2D eigenvalue weighted by molar-refractivity contribution is 5.97. The molecule has 11 heteroatoms. The van der Waals surface area contributed by atoms with E-state index in [1.165, 1.54) is 12.1 Å². The lowest BCUT2D eigenvalue weighted by atomic mass is 10.0. The highest BCUT2D eigenvalue weighted by atomic mass is 16.7. The second-order valence-corrected chi connectivity index (χ2v) is 8.43. The summed E-state index contributed by atoms with van der Waals surface area (Å²) in [6.07, 6.45) is -3.62. The molecule has 1 heterocycles. The average molecular weight is 483 g/mol. The fourth-order valence-corrected chi connectivity index (χ4v) is 3.27. The number of nitrogens with two attached hydrogens (primary N) is 1. The fraction of sp³-hybridized carbons (Fsp3) is 0.609. The van der Waals surface area contributed by atoms with E-state index in [4.69, 9.17) is 19.9 Å². The number of esters is 1. The van der Waals surface area contributed by atoms with Crippen LogP contribution in [0, 0.1) is 5.92 Å². The molecular formula is C23H34N2O9. The molecule has 0 saturated carbocycles. The number of aliphatic carboxylic acids is 1. The van der Waals surface area contributed by atoms with Crippen molar-refractivity contribution in [2.75, 3.05) is 13.1 Å². The van der Waals surface area contributed by atoms with E-state index in [1.54, 1.807) is 19.9 Å². The first-order valence-electron chi connectivity index (χ1n) is 11.3. The van der Waals surface area contributed by atoms with E-state index in [0.29, 0.717) is 18.7 Å². The molecule has 0 aromatic heterocycles. The van der Waals surface area contributed by atoms with Crippen molar-refractivity contribution in [3.63, 3.8) is 0 Å². The lowest BCUT2D eigenvalue weighted by Gasteiger charge is -2.35. The van der Waals surface area contributed by atoms with Gasteiger partial charge in [-0.05, 0) is 37.1 Å². The van der Waals surface area contributed by atoms with Crippen molar-refractivity contribution >= 4 is 17.8 Å². The van der Waals surface area contributed by atoms with Gasteiger partial charge in [-0.25, -0.2) is 4.79 Å². The van der Waals surface area contributed by atoms with Gasteiger partial charge >= 0.3 is 11.9 Å². The molecule has 1 aromatic carbocycles. The van der Waals surface area contributed by atoms with Gasteiger partial charge < -0.3 is 40.6 Å². The number of aliphatic hydroxyl groups excluding tert-OH is 2. The smallest absolute Gasteiger partial charge is 0.335 e. The van der Waals surface area contributed by atoms with Crippen molar-refractivity contribution in [3.05, 3.63) is 29.3 Å². The molecule has 1 saturated heterocycles. The van der Waals surface area contributed by atoms with Crippen molar-refractivity contribution in [1.29, 1.82) is 0 Å². The molecule has 2 rings (SSSR count). The monoisotopic (exact) mass is 482 g/mol. The van der Waals surface area contributed by atoms with Gasteiger partial charge in [-0.3, -0.25) is 9.59 Å². The zero-order valence-electron chi connectivity index (χ0n) is 19.4. The minimum Gasteiger partial charge on any atom is -0.479 e. The maximum atomic E-state index is 12.9. The molecule has 190 valence electrons. The number of carbonyl (C=O) groups is 3. The van der Waals surface area contributed by atoms with Gasteiger partial charge in [-0.2, -0.15) is 0 Å². The third kappa shape index (κ3) is 7.94. The molecule has 1 aliphatic heterocycles. The van der Waals surface area contributed by atoms with Gasteiger partial charge in [0, 0.05) is 13.0 Å². The first-order chi connectivity index (χ1) is 16.1. The van der Waals surface area contributed by atoms with Gasteiger partial charge in [0.2, 0.25) is 6.29 Å². The number of hydrogen-bond acceptors (Lipinski definition) is 9. The van der Waals surface area contributed by atoms with Crippen LogP contribution in [0.4, 0.5) is 0 Å². The largest absolute Gasteiger partial charge is 0.479 e. The Kier molecular flexibility index (Phi) is 10.7. The van der Waals surface area contributed by atoms with Crippen molar-refractivity contribution in [2.45, 2.75) is 70.7 Å². The number of carbonyl (C=O) groups excluding carboxylic acids is 2. The third-order valence-corrected chi connectivity index (χ3v) is 5.25. The van der Waals surface area contributed by atoms with Gasteiger partial charge in [0.05, 0.1) is 17.6 Å². The minimum atomic E-state index is -1.68. The number of rotatable bonds is 12.